The Morgan fingerprint density at radius 3 is 2.22 bits per heavy atom. The van der Waals surface area contributed by atoms with Crippen molar-refractivity contribution in [3.63, 3.8) is 0 Å². The van der Waals surface area contributed by atoms with E-state index in [1.165, 1.54) is 6.92 Å². The number of rotatable bonds is 1. The van der Waals surface area contributed by atoms with E-state index in [9.17, 15) is 9.59 Å². The van der Waals surface area contributed by atoms with E-state index in [2.05, 4.69) is 4.99 Å². The van der Waals surface area contributed by atoms with Gasteiger partial charge in [-0.05, 0) is 6.92 Å². The minimum absolute atomic E-state index is 0.902. The lowest BCUT2D eigenvalue weighted by molar-refractivity contribution is -0.118. The largest absolute Gasteiger partial charge is 0.292 e. The third kappa shape index (κ3) is 3.25. The zero-order valence-corrected chi connectivity index (χ0v) is 6.03. The molecule has 1 amide bonds. The predicted octanol–water partition coefficient (Wildman–Crippen LogP) is 1.04. The Morgan fingerprint density at radius 1 is 1.67 bits per heavy atom. The van der Waals surface area contributed by atoms with E-state index in [1.807, 2.05) is 0 Å². The number of aliphatic imine (C=N–C) groups is 1. The fraction of sp³-hybridized carbons (Fsp3) is 0.500. The van der Waals surface area contributed by atoms with Crippen LogP contribution in [0.5, 0.6) is 0 Å². The summed E-state index contributed by atoms with van der Waals surface area (Å²) >= 11 is 10.4. The maximum absolute atomic E-state index is 10.4. The van der Waals surface area contributed by atoms with Gasteiger partial charge >= 0.3 is 0 Å². The minimum Gasteiger partial charge on any atom is -0.268 e. The Kier molecular flexibility index (Phi) is 2.85. The van der Waals surface area contributed by atoms with Crippen molar-refractivity contribution in [2.75, 3.05) is 0 Å². The molecule has 0 radical (unpaired) electrons. The van der Waals surface area contributed by atoms with Crippen LogP contribution in [0.1, 0.15) is 6.92 Å². The van der Waals surface area contributed by atoms with Crippen LogP contribution in [0.15, 0.2) is 4.99 Å². The zero-order chi connectivity index (χ0) is 7.49. The second-order valence-corrected chi connectivity index (χ2v) is 3.10. The van der Waals surface area contributed by atoms with Gasteiger partial charge in [0.1, 0.15) is 0 Å². The van der Waals surface area contributed by atoms with Crippen LogP contribution >= 0.6 is 23.2 Å². The molecule has 0 aromatic rings. The highest BCUT2D eigenvalue weighted by molar-refractivity contribution is 6.57. The van der Waals surface area contributed by atoms with Crippen LogP contribution < -0.4 is 0 Å². The molecule has 0 unspecified atom stereocenters. The Bertz CT molecular complexity index is 166. The van der Waals surface area contributed by atoms with Gasteiger partial charge in [-0.25, -0.2) is 4.79 Å². The molecule has 0 aliphatic carbocycles. The van der Waals surface area contributed by atoms with E-state index in [0.29, 0.717) is 0 Å². The molecule has 0 aromatic heterocycles. The summed E-state index contributed by atoms with van der Waals surface area (Å²) in [5.74, 6) is -0.902. The smallest absolute Gasteiger partial charge is 0.268 e. The summed E-state index contributed by atoms with van der Waals surface area (Å²) in [4.78, 5) is 22.5. The predicted molar refractivity (Wildman–Crippen MR) is 33.2 cm³/mol. The van der Waals surface area contributed by atoms with Crippen LogP contribution in [0.4, 0.5) is 0 Å². The first-order valence-electron chi connectivity index (χ1n) is 1.98. The first kappa shape index (κ1) is 8.63. The van der Waals surface area contributed by atoms with Crippen molar-refractivity contribution in [1.82, 2.24) is 0 Å². The molecule has 0 spiro atoms. The van der Waals surface area contributed by atoms with Crippen molar-refractivity contribution in [3.05, 3.63) is 0 Å². The number of halogens is 2. The maximum Gasteiger partial charge on any atom is 0.292 e. The van der Waals surface area contributed by atoms with Gasteiger partial charge < -0.3 is 0 Å². The molecule has 50 valence electrons. The van der Waals surface area contributed by atoms with Crippen LogP contribution in [0, 0.1) is 0 Å². The number of carbonyl (C=O) groups excluding carboxylic acids is 2. The molecule has 0 fully saturated rings. The summed E-state index contributed by atoms with van der Waals surface area (Å²) in [6, 6.07) is 0. The Labute approximate surface area is 61.7 Å². The van der Waals surface area contributed by atoms with Gasteiger partial charge in [0.15, 0.2) is 4.33 Å². The normalized spacial score (nSPS) is 10.1. The summed E-state index contributed by atoms with van der Waals surface area (Å²) in [6.07, 6.45) is 1.03. The van der Waals surface area contributed by atoms with Gasteiger partial charge in [0.25, 0.3) is 5.91 Å². The van der Waals surface area contributed by atoms with Crippen LogP contribution in [0.3, 0.4) is 0 Å². The highest BCUT2D eigenvalue weighted by atomic mass is 35.5. The molecule has 0 aromatic carbocycles. The molecule has 0 N–H and O–H groups in total. The van der Waals surface area contributed by atoms with E-state index in [0.717, 1.165) is 6.08 Å². The quantitative estimate of drug-likeness (QED) is 0.333. The summed E-state index contributed by atoms with van der Waals surface area (Å²) in [7, 11) is 0. The van der Waals surface area contributed by atoms with Crippen molar-refractivity contribution in [3.8, 4) is 0 Å². The monoisotopic (exact) mass is 167 g/mol. The highest BCUT2D eigenvalue weighted by Crippen LogP contribution is 2.20. The molecule has 9 heavy (non-hydrogen) atoms. The summed E-state index contributed by atoms with van der Waals surface area (Å²) in [5, 5.41) is 0. The number of carbonyl (C=O) groups is 1. The summed E-state index contributed by atoms with van der Waals surface area (Å²) in [6.45, 7) is 1.22. The van der Waals surface area contributed by atoms with Crippen LogP contribution in [-0.2, 0) is 9.59 Å². The number of alkyl halides is 2. The topological polar surface area (TPSA) is 46.5 Å². The number of amides is 1. The zero-order valence-electron chi connectivity index (χ0n) is 4.52. The molecule has 0 aliphatic rings. The molecular formula is C4H3Cl2NO2. The Balaban J connectivity index is 4.22. The van der Waals surface area contributed by atoms with Gasteiger partial charge in [-0.3, -0.25) is 4.79 Å². The number of hydrogen-bond acceptors (Lipinski definition) is 2. The number of hydrogen-bond donors (Lipinski definition) is 0. The summed E-state index contributed by atoms with van der Waals surface area (Å²) in [5.41, 5.74) is 0. The lowest BCUT2D eigenvalue weighted by Crippen LogP contribution is -2.18. The fourth-order valence-electron chi connectivity index (χ4n) is 0.140. The average molecular weight is 168 g/mol. The molecule has 3 nitrogen and oxygen atoms in total. The maximum atomic E-state index is 10.4. The molecule has 0 aliphatic heterocycles. The van der Waals surface area contributed by atoms with Crippen LogP contribution in [0.25, 0.3) is 0 Å². The molecular weight excluding hydrogens is 165 g/mol. The Hall–Kier alpha value is -0.370. The second kappa shape index (κ2) is 2.97. The van der Waals surface area contributed by atoms with Crippen molar-refractivity contribution in [2.45, 2.75) is 11.3 Å². The first-order valence-corrected chi connectivity index (χ1v) is 2.74. The van der Waals surface area contributed by atoms with Crippen molar-refractivity contribution < 1.29 is 9.59 Å². The summed E-state index contributed by atoms with van der Waals surface area (Å²) < 4.78 is -1.61. The third-order valence-electron chi connectivity index (χ3n) is 0.523. The van der Waals surface area contributed by atoms with Crippen molar-refractivity contribution in [1.29, 1.82) is 0 Å². The molecule has 0 saturated heterocycles. The van der Waals surface area contributed by atoms with Gasteiger partial charge in [0.05, 0.1) is 0 Å². The van der Waals surface area contributed by atoms with Gasteiger partial charge in [-0.15, -0.1) is 4.99 Å². The lowest BCUT2D eigenvalue weighted by Gasteiger charge is -2.03. The van der Waals surface area contributed by atoms with E-state index < -0.39 is 10.2 Å². The van der Waals surface area contributed by atoms with E-state index in [-0.39, 0.29) is 0 Å². The molecule has 0 heterocycles. The van der Waals surface area contributed by atoms with Crippen LogP contribution in [0.2, 0.25) is 0 Å². The SMILES string of the molecule is CC(Cl)(Cl)C(=O)N=C=O. The van der Waals surface area contributed by atoms with Gasteiger partial charge in [-0.2, -0.15) is 0 Å². The molecule has 0 bridgehead atoms. The van der Waals surface area contributed by atoms with Gasteiger partial charge in [0.2, 0.25) is 6.08 Å². The van der Waals surface area contributed by atoms with Gasteiger partial charge in [0, 0.05) is 0 Å². The standard InChI is InChI=1S/C4H3Cl2NO2/c1-4(5,6)3(9)7-2-8/h1H3. The first-order chi connectivity index (χ1) is 3.98. The number of nitrogens with zero attached hydrogens (tertiary/aromatic N) is 1. The van der Waals surface area contributed by atoms with Gasteiger partial charge in [-0.1, -0.05) is 23.2 Å². The van der Waals surface area contributed by atoms with Crippen molar-refractivity contribution >= 4 is 35.2 Å². The molecule has 5 heteroatoms. The van der Waals surface area contributed by atoms with E-state index in [1.54, 1.807) is 0 Å². The highest BCUT2D eigenvalue weighted by Gasteiger charge is 2.26. The Morgan fingerprint density at radius 2 is 2.11 bits per heavy atom. The third-order valence-corrected chi connectivity index (χ3v) is 0.846. The molecule has 0 atom stereocenters. The van der Waals surface area contributed by atoms with Crippen LogP contribution in [-0.4, -0.2) is 16.3 Å². The average Bonchev–Trinajstić information content (AvgIpc) is 1.64. The fourth-order valence-corrected chi connectivity index (χ4v) is 0.224. The minimum atomic E-state index is -1.61. The molecule has 0 rings (SSSR count). The number of isocyanates is 1. The van der Waals surface area contributed by atoms with Crippen molar-refractivity contribution in [2.24, 2.45) is 4.99 Å². The lowest BCUT2D eigenvalue weighted by atomic mass is 10.4. The molecule has 0 saturated carbocycles. The van der Waals surface area contributed by atoms with E-state index >= 15 is 0 Å². The second-order valence-electron chi connectivity index (χ2n) is 1.40. The van der Waals surface area contributed by atoms with E-state index in [4.69, 9.17) is 23.2 Å².